The number of carbonyl (C=O) groups is 2. The average Bonchev–Trinajstić information content (AvgIpc) is 3.22. The first-order valence-corrected chi connectivity index (χ1v) is 11.0. The van der Waals surface area contributed by atoms with Gasteiger partial charge in [0, 0.05) is 43.2 Å². The highest BCUT2D eigenvalue weighted by atomic mass is 35.5. The van der Waals surface area contributed by atoms with Crippen LogP contribution in [0, 0.1) is 23.6 Å². The first kappa shape index (κ1) is 20.6. The van der Waals surface area contributed by atoms with Crippen LogP contribution in [0.3, 0.4) is 0 Å². The Morgan fingerprint density at radius 1 is 1.31 bits per heavy atom. The molecule has 2 amide bonds. The summed E-state index contributed by atoms with van der Waals surface area (Å²) in [5.41, 5.74) is 0.105. The Hall–Kier alpha value is -1.66. The minimum atomic E-state index is -0.579. The van der Waals surface area contributed by atoms with Crippen molar-refractivity contribution in [3.63, 3.8) is 0 Å². The molecule has 1 aromatic carbocycles. The van der Waals surface area contributed by atoms with E-state index in [-0.39, 0.29) is 28.3 Å². The third-order valence-electron chi connectivity index (χ3n) is 6.95. The lowest BCUT2D eigenvalue weighted by Gasteiger charge is -2.42. The predicted molar refractivity (Wildman–Crippen MR) is 110 cm³/mol. The fraction of sp³-hybridized carbons (Fsp3) is 0.636. The molecule has 1 aromatic rings. The molecule has 0 unspecified atom stereocenters. The van der Waals surface area contributed by atoms with E-state index in [1.165, 1.54) is 12.1 Å². The molecule has 3 saturated heterocycles. The number of carbonyl (C=O) groups excluding carboxylic acids is 2. The zero-order valence-corrected chi connectivity index (χ0v) is 17.8. The smallest absolute Gasteiger partial charge is 0.253 e. The number of amides is 2. The molecule has 29 heavy (non-hydrogen) atoms. The molecule has 3 fully saturated rings. The van der Waals surface area contributed by atoms with Crippen LogP contribution in [0.25, 0.3) is 0 Å². The van der Waals surface area contributed by atoms with E-state index in [2.05, 4.69) is 24.1 Å². The molecule has 0 aromatic heterocycles. The van der Waals surface area contributed by atoms with Gasteiger partial charge in [-0.2, -0.15) is 0 Å². The summed E-state index contributed by atoms with van der Waals surface area (Å²) in [6, 6.07) is 4.18. The molecular weight excluding hydrogens is 393 g/mol. The monoisotopic (exact) mass is 421 g/mol. The number of fused-ring (bicyclic) bond motifs is 2. The van der Waals surface area contributed by atoms with Gasteiger partial charge in [-0.05, 0) is 49.9 Å². The van der Waals surface area contributed by atoms with Gasteiger partial charge in [0.2, 0.25) is 5.91 Å². The molecule has 158 valence electrons. The Bertz CT molecular complexity index is 807. The molecule has 1 N–H and O–H groups in total. The lowest BCUT2D eigenvalue weighted by Crippen LogP contribution is -2.56. The van der Waals surface area contributed by atoms with Gasteiger partial charge in [0.15, 0.2) is 0 Å². The van der Waals surface area contributed by atoms with Gasteiger partial charge < -0.3 is 15.1 Å². The molecule has 3 heterocycles. The fourth-order valence-electron chi connectivity index (χ4n) is 5.18. The maximum Gasteiger partial charge on any atom is 0.253 e. The van der Waals surface area contributed by atoms with Crippen LogP contribution in [-0.2, 0) is 4.79 Å². The van der Waals surface area contributed by atoms with Gasteiger partial charge in [0.05, 0.1) is 10.9 Å². The number of halogens is 2. The zero-order valence-electron chi connectivity index (χ0n) is 17.1. The number of likely N-dealkylation sites (tertiary alicyclic amines) is 2. The minimum absolute atomic E-state index is 0.0158. The van der Waals surface area contributed by atoms with E-state index in [4.69, 9.17) is 11.6 Å². The van der Waals surface area contributed by atoms with Crippen LogP contribution in [0.5, 0.6) is 0 Å². The quantitative estimate of drug-likeness (QED) is 0.812. The summed E-state index contributed by atoms with van der Waals surface area (Å²) in [4.78, 5) is 29.6. The summed E-state index contributed by atoms with van der Waals surface area (Å²) in [6.07, 6.45) is 2.65. The van der Waals surface area contributed by atoms with E-state index in [0.717, 1.165) is 38.9 Å². The SMILES string of the molecule is CC(C)CCN1C[C@H]2C(=O)NC3(CCN(C(=O)c4ccc(Cl)c(F)c4)CC3)[C@H]2C1. The number of hydrogen-bond donors (Lipinski definition) is 1. The number of nitrogens with zero attached hydrogens (tertiary/aromatic N) is 2. The maximum absolute atomic E-state index is 13.7. The van der Waals surface area contributed by atoms with Gasteiger partial charge in [0.25, 0.3) is 5.91 Å². The first-order valence-electron chi connectivity index (χ1n) is 10.6. The van der Waals surface area contributed by atoms with Gasteiger partial charge in [-0.3, -0.25) is 9.59 Å². The van der Waals surface area contributed by atoms with Crippen LogP contribution in [0.2, 0.25) is 5.02 Å². The Morgan fingerprint density at radius 2 is 2.03 bits per heavy atom. The molecule has 4 rings (SSSR count). The number of rotatable bonds is 4. The lowest BCUT2D eigenvalue weighted by molar-refractivity contribution is -0.123. The van der Waals surface area contributed by atoms with Crippen molar-refractivity contribution < 1.29 is 14.0 Å². The van der Waals surface area contributed by atoms with E-state index in [1.807, 2.05) is 0 Å². The standard InChI is InChI=1S/C22H29ClFN3O2/c1-14(2)5-8-26-12-16-17(13-26)22(25-20(16)28)6-9-27(10-7-22)21(29)15-3-4-18(23)19(24)11-15/h3-4,11,14,16-17H,5-10,12-13H2,1-2H3,(H,25,28)/t16-,17+/m1/s1. The first-order chi connectivity index (χ1) is 13.8. The Balaban J connectivity index is 1.41. The van der Waals surface area contributed by atoms with E-state index in [1.54, 1.807) is 11.0 Å². The van der Waals surface area contributed by atoms with Crippen LogP contribution >= 0.6 is 11.6 Å². The van der Waals surface area contributed by atoms with E-state index < -0.39 is 5.82 Å². The van der Waals surface area contributed by atoms with Gasteiger partial charge in [-0.25, -0.2) is 4.39 Å². The summed E-state index contributed by atoms with van der Waals surface area (Å²) in [5, 5.41) is 3.31. The lowest BCUT2D eigenvalue weighted by atomic mass is 9.75. The van der Waals surface area contributed by atoms with Crippen molar-refractivity contribution in [1.82, 2.24) is 15.1 Å². The van der Waals surface area contributed by atoms with Gasteiger partial charge >= 0.3 is 0 Å². The summed E-state index contributed by atoms with van der Waals surface area (Å²) in [5.74, 6) is 0.444. The second-order valence-corrected chi connectivity index (χ2v) is 9.63. The topological polar surface area (TPSA) is 52.7 Å². The van der Waals surface area contributed by atoms with Crippen LogP contribution in [-0.4, -0.2) is 59.9 Å². The Kier molecular flexibility index (Phi) is 5.60. The average molecular weight is 422 g/mol. The van der Waals surface area contributed by atoms with Crippen molar-refractivity contribution in [1.29, 1.82) is 0 Å². The van der Waals surface area contributed by atoms with Crippen molar-refractivity contribution in [3.05, 3.63) is 34.6 Å². The second kappa shape index (κ2) is 7.88. The number of piperidine rings is 1. The van der Waals surface area contributed by atoms with Crippen LogP contribution in [0.4, 0.5) is 4.39 Å². The molecular formula is C22H29ClFN3O2. The summed E-state index contributed by atoms with van der Waals surface area (Å²) >= 11 is 5.73. The summed E-state index contributed by atoms with van der Waals surface area (Å²) in [6.45, 7) is 8.43. The van der Waals surface area contributed by atoms with E-state index in [0.29, 0.717) is 30.5 Å². The largest absolute Gasteiger partial charge is 0.350 e. The summed E-state index contributed by atoms with van der Waals surface area (Å²) < 4.78 is 13.7. The van der Waals surface area contributed by atoms with Crippen molar-refractivity contribution >= 4 is 23.4 Å². The van der Waals surface area contributed by atoms with Crippen molar-refractivity contribution in [2.45, 2.75) is 38.6 Å². The number of nitrogens with one attached hydrogen (secondary N) is 1. The van der Waals surface area contributed by atoms with Crippen molar-refractivity contribution in [3.8, 4) is 0 Å². The highest BCUT2D eigenvalue weighted by Gasteiger charge is 2.57. The maximum atomic E-state index is 13.7. The molecule has 0 radical (unpaired) electrons. The summed E-state index contributed by atoms with van der Waals surface area (Å²) in [7, 11) is 0. The zero-order chi connectivity index (χ0) is 20.8. The third-order valence-corrected chi connectivity index (χ3v) is 7.25. The molecule has 2 atom stereocenters. The minimum Gasteiger partial charge on any atom is -0.350 e. The van der Waals surface area contributed by atoms with Gasteiger partial charge in [0.1, 0.15) is 5.82 Å². The van der Waals surface area contributed by atoms with E-state index >= 15 is 0 Å². The number of benzene rings is 1. The molecule has 0 aliphatic carbocycles. The van der Waals surface area contributed by atoms with Crippen molar-refractivity contribution in [2.75, 3.05) is 32.7 Å². The molecule has 0 saturated carbocycles. The van der Waals surface area contributed by atoms with Crippen molar-refractivity contribution in [2.24, 2.45) is 17.8 Å². The second-order valence-electron chi connectivity index (χ2n) is 9.22. The normalized spacial score (nSPS) is 26.2. The van der Waals surface area contributed by atoms with Crippen LogP contribution in [0.15, 0.2) is 18.2 Å². The predicted octanol–water partition coefficient (Wildman–Crippen LogP) is 3.18. The van der Waals surface area contributed by atoms with Crippen LogP contribution < -0.4 is 5.32 Å². The van der Waals surface area contributed by atoms with Crippen LogP contribution in [0.1, 0.15) is 43.5 Å². The highest BCUT2D eigenvalue weighted by molar-refractivity contribution is 6.30. The highest BCUT2D eigenvalue weighted by Crippen LogP contribution is 2.44. The molecule has 7 heteroatoms. The molecule has 1 spiro atoms. The molecule has 5 nitrogen and oxygen atoms in total. The molecule has 3 aliphatic rings. The number of hydrogen-bond acceptors (Lipinski definition) is 3. The van der Waals surface area contributed by atoms with Gasteiger partial charge in [-0.15, -0.1) is 0 Å². The van der Waals surface area contributed by atoms with E-state index in [9.17, 15) is 14.0 Å². The van der Waals surface area contributed by atoms with Gasteiger partial charge in [-0.1, -0.05) is 25.4 Å². The Morgan fingerprint density at radius 3 is 2.69 bits per heavy atom. The third kappa shape index (κ3) is 3.89. The molecule has 3 aliphatic heterocycles. The fourth-order valence-corrected chi connectivity index (χ4v) is 5.30. The Labute approximate surface area is 176 Å². The molecule has 0 bridgehead atoms.